The maximum Gasteiger partial charge on any atom is 0.305 e. The molecule has 1 atom stereocenters. The first-order valence-corrected chi connectivity index (χ1v) is 5.05. The summed E-state index contributed by atoms with van der Waals surface area (Å²) in [5, 5.41) is 11.9. The Morgan fingerprint density at radius 3 is 2.40 bits per heavy atom. The molecule has 0 amide bonds. The SMILES string of the molecule is Cc1cccc(C)c1NC(C)CC(=O)O. The summed E-state index contributed by atoms with van der Waals surface area (Å²) in [5.74, 6) is -0.777. The van der Waals surface area contributed by atoms with Crippen molar-refractivity contribution in [2.24, 2.45) is 0 Å². The van der Waals surface area contributed by atoms with Crippen LogP contribution < -0.4 is 5.32 Å². The first-order valence-electron chi connectivity index (χ1n) is 5.05. The lowest BCUT2D eigenvalue weighted by Gasteiger charge is -2.17. The zero-order valence-electron chi connectivity index (χ0n) is 9.37. The summed E-state index contributed by atoms with van der Waals surface area (Å²) in [6.07, 6.45) is 0.133. The van der Waals surface area contributed by atoms with Crippen LogP contribution in [-0.2, 0) is 4.79 Å². The molecular weight excluding hydrogens is 190 g/mol. The Bertz CT molecular complexity index is 340. The second-order valence-corrected chi connectivity index (χ2v) is 3.91. The van der Waals surface area contributed by atoms with Crippen LogP contribution in [0.1, 0.15) is 24.5 Å². The highest BCUT2D eigenvalue weighted by atomic mass is 16.4. The van der Waals surface area contributed by atoms with Crippen molar-refractivity contribution in [2.45, 2.75) is 33.2 Å². The highest BCUT2D eigenvalue weighted by Gasteiger charge is 2.09. The van der Waals surface area contributed by atoms with Crippen LogP contribution in [0, 0.1) is 13.8 Å². The van der Waals surface area contributed by atoms with Crippen LogP contribution >= 0.6 is 0 Å². The van der Waals surface area contributed by atoms with E-state index in [0.717, 1.165) is 16.8 Å². The van der Waals surface area contributed by atoms with Crippen molar-refractivity contribution in [3.8, 4) is 0 Å². The molecule has 15 heavy (non-hydrogen) atoms. The quantitative estimate of drug-likeness (QED) is 0.797. The van der Waals surface area contributed by atoms with Crippen LogP contribution in [0.4, 0.5) is 5.69 Å². The molecule has 0 aliphatic rings. The van der Waals surface area contributed by atoms with E-state index in [1.807, 2.05) is 39.0 Å². The van der Waals surface area contributed by atoms with Crippen LogP contribution in [0.5, 0.6) is 0 Å². The van der Waals surface area contributed by atoms with Gasteiger partial charge in [-0.05, 0) is 31.9 Å². The number of anilines is 1. The minimum Gasteiger partial charge on any atom is -0.481 e. The van der Waals surface area contributed by atoms with Crippen molar-refractivity contribution >= 4 is 11.7 Å². The van der Waals surface area contributed by atoms with E-state index in [1.54, 1.807) is 0 Å². The molecule has 1 aromatic rings. The van der Waals surface area contributed by atoms with Crippen LogP contribution in [0.2, 0.25) is 0 Å². The number of nitrogens with one attached hydrogen (secondary N) is 1. The standard InChI is InChI=1S/C12H17NO2/c1-8-5-4-6-9(2)12(8)13-10(3)7-11(14)15/h4-6,10,13H,7H2,1-3H3,(H,14,15). The smallest absolute Gasteiger partial charge is 0.305 e. The summed E-state index contributed by atoms with van der Waals surface area (Å²) in [7, 11) is 0. The zero-order valence-corrected chi connectivity index (χ0v) is 9.37. The number of carboxylic acids is 1. The summed E-state index contributed by atoms with van der Waals surface area (Å²) in [6, 6.07) is 5.98. The van der Waals surface area contributed by atoms with E-state index in [2.05, 4.69) is 5.32 Å². The number of carboxylic acid groups (broad SMARTS) is 1. The third-order valence-corrected chi connectivity index (χ3v) is 2.35. The molecular formula is C12H17NO2. The molecule has 0 saturated heterocycles. The monoisotopic (exact) mass is 207 g/mol. The number of benzene rings is 1. The highest BCUT2D eigenvalue weighted by molar-refractivity contribution is 5.68. The van der Waals surface area contributed by atoms with E-state index in [9.17, 15) is 4.79 Å². The topological polar surface area (TPSA) is 49.3 Å². The number of carbonyl (C=O) groups is 1. The van der Waals surface area contributed by atoms with E-state index in [1.165, 1.54) is 0 Å². The van der Waals surface area contributed by atoms with Crippen LogP contribution in [0.25, 0.3) is 0 Å². The molecule has 0 radical (unpaired) electrons. The van der Waals surface area contributed by atoms with E-state index in [0.29, 0.717) is 0 Å². The maximum atomic E-state index is 10.5. The molecule has 0 aliphatic carbocycles. The predicted octanol–water partition coefficient (Wildman–Crippen LogP) is 2.58. The summed E-state index contributed by atoms with van der Waals surface area (Å²) < 4.78 is 0. The number of hydrogen-bond acceptors (Lipinski definition) is 2. The lowest BCUT2D eigenvalue weighted by atomic mass is 10.1. The lowest BCUT2D eigenvalue weighted by molar-refractivity contribution is -0.137. The van der Waals surface area contributed by atoms with E-state index in [-0.39, 0.29) is 12.5 Å². The molecule has 0 heterocycles. The molecule has 0 aromatic heterocycles. The third kappa shape index (κ3) is 3.27. The minimum absolute atomic E-state index is 0.0534. The molecule has 1 aromatic carbocycles. The zero-order chi connectivity index (χ0) is 11.4. The van der Waals surface area contributed by atoms with Gasteiger partial charge in [0, 0.05) is 11.7 Å². The average Bonchev–Trinajstić information content (AvgIpc) is 2.10. The molecule has 82 valence electrons. The van der Waals surface area contributed by atoms with Gasteiger partial charge >= 0.3 is 5.97 Å². The molecule has 0 saturated carbocycles. The predicted molar refractivity (Wildman–Crippen MR) is 61.3 cm³/mol. The van der Waals surface area contributed by atoms with Gasteiger partial charge in [0.25, 0.3) is 0 Å². The molecule has 0 aliphatic heterocycles. The van der Waals surface area contributed by atoms with Gasteiger partial charge in [-0.2, -0.15) is 0 Å². The summed E-state index contributed by atoms with van der Waals surface area (Å²) >= 11 is 0. The Morgan fingerprint density at radius 2 is 1.93 bits per heavy atom. The number of aliphatic carboxylic acids is 1. The van der Waals surface area contributed by atoms with Crippen LogP contribution in [0.15, 0.2) is 18.2 Å². The molecule has 3 nitrogen and oxygen atoms in total. The summed E-state index contributed by atoms with van der Waals surface area (Å²) in [6.45, 7) is 5.91. The molecule has 1 rings (SSSR count). The molecule has 2 N–H and O–H groups in total. The Hall–Kier alpha value is -1.51. The first kappa shape index (κ1) is 11.6. The molecule has 3 heteroatoms. The maximum absolute atomic E-state index is 10.5. The molecule has 0 bridgehead atoms. The lowest BCUT2D eigenvalue weighted by Crippen LogP contribution is -2.20. The molecule has 0 spiro atoms. The Morgan fingerprint density at radius 1 is 1.40 bits per heavy atom. The fourth-order valence-corrected chi connectivity index (χ4v) is 1.60. The van der Waals surface area contributed by atoms with Gasteiger partial charge in [-0.15, -0.1) is 0 Å². The van der Waals surface area contributed by atoms with Crippen molar-refractivity contribution in [3.05, 3.63) is 29.3 Å². The minimum atomic E-state index is -0.777. The number of para-hydroxylation sites is 1. The largest absolute Gasteiger partial charge is 0.481 e. The molecule has 1 unspecified atom stereocenters. The fourth-order valence-electron chi connectivity index (χ4n) is 1.60. The van der Waals surface area contributed by atoms with Crippen molar-refractivity contribution in [3.63, 3.8) is 0 Å². The van der Waals surface area contributed by atoms with Gasteiger partial charge in [-0.25, -0.2) is 0 Å². The summed E-state index contributed by atoms with van der Waals surface area (Å²) in [4.78, 5) is 10.5. The first-order chi connectivity index (χ1) is 7.00. The van der Waals surface area contributed by atoms with Crippen LogP contribution in [0.3, 0.4) is 0 Å². The average molecular weight is 207 g/mol. The van der Waals surface area contributed by atoms with Crippen LogP contribution in [-0.4, -0.2) is 17.1 Å². The van der Waals surface area contributed by atoms with Crippen molar-refractivity contribution in [1.29, 1.82) is 0 Å². The van der Waals surface area contributed by atoms with Gasteiger partial charge in [0.05, 0.1) is 6.42 Å². The van der Waals surface area contributed by atoms with Gasteiger partial charge in [-0.1, -0.05) is 18.2 Å². The fraction of sp³-hybridized carbons (Fsp3) is 0.417. The summed E-state index contributed by atoms with van der Waals surface area (Å²) in [5.41, 5.74) is 3.34. The van der Waals surface area contributed by atoms with Gasteiger partial charge < -0.3 is 10.4 Å². The van der Waals surface area contributed by atoms with E-state index in [4.69, 9.17) is 5.11 Å². The third-order valence-electron chi connectivity index (χ3n) is 2.35. The Labute approximate surface area is 90.1 Å². The van der Waals surface area contributed by atoms with Crippen molar-refractivity contribution in [1.82, 2.24) is 0 Å². The van der Waals surface area contributed by atoms with Gasteiger partial charge in [0.2, 0.25) is 0 Å². The number of rotatable bonds is 4. The van der Waals surface area contributed by atoms with Crippen molar-refractivity contribution < 1.29 is 9.90 Å². The number of aryl methyl sites for hydroxylation is 2. The Balaban J connectivity index is 2.76. The van der Waals surface area contributed by atoms with Gasteiger partial charge in [0.1, 0.15) is 0 Å². The second kappa shape index (κ2) is 4.82. The number of hydrogen-bond donors (Lipinski definition) is 2. The normalized spacial score (nSPS) is 12.2. The second-order valence-electron chi connectivity index (χ2n) is 3.91. The van der Waals surface area contributed by atoms with E-state index >= 15 is 0 Å². The Kier molecular flexibility index (Phi) is 3.72. The highest BCUT2D eigenvalue weighted by Crippen LogP contribution is 2.20. The van der Waals surface area contributed by atoms with Gasteiger partial charge in [-0.3, -0.25) is 4.79 Å². The van der Waals surface area contributed by atoms with E-state index < -0.39 is 5.97 Å². The van der Waals surface area contributed by atoms with Gasteiger partial charge in [0.15, 0.2) is 0 Å². The molecule has 0 fully saturated rings. The van der Waals surface area contributed by atoms with Crippen molar-refractivity contribution in [2.75, 3.05) is 5.32 Å².